The zero-order chi connectivity index (χ0) is 14.3. The second-order valence-corrected chi connectivity index (χ2v) is 8.68. The number of hydrogen-bond donors (Lipinski definition) is 2. The van der Waals surface area contributed by atoms with Crippen molar-refractivity contribution in [2.45, 2.75) is 24.3 Å². The van der Waals surface area contributed by atoms with Crippen molar-refractivity contribution < 1.29 is 16.8 Å². The summed E-state index contributed by atoms with van der Waals surface area (Å²) in [5, 5.41) is 0. The minimum Gasteiger partial charge on any atom is -0.398 e. The molecule has 1 saturated heterocycles. The van der Waals surface area contributed by atoms with Crippen LogP contribution >= 0.6 is 0 Å². The first kappa shape index (κ1) is 14.3. The first-order valence-electron chi connectivity index (χ1n) is 5.78. The summed E-state index contributed by atoms with van der Waals surface area (Å²) in [4.78, 5) is 0.0555. The lowest BCUT2D eigenvalue weighted by Gasteiger charge is -2.12. The second kappa shape index (κ2) is 4.77. The Morgan fingerprint density at radius 2 is 2.05 bits per heavy atom. The van der Waals surface area contributed by atoms with E-state index in [1.807, 2.05) is 0 Å². The van der Waals surface area contributed by atoms with Gasteiger partial charge in [0.2, 0.25) is 10.0 Å². The van der Waals surface area contributed by atoms with Gasteiger partial charge in [-0.2, -0.15) is 0 Å². The van der Waals surface area contributed by atoms with Gasteiger partial charge < -0.3 is 5.73 Å². The third-order valence-electron chi connectivity index (χ3n) is 3.12. The summed E-state index contributed by atoms with van der Waals surface area (Å²) < 4.78 is 49.2. The summed E-state index contributed by atoms with van der Waals surface area (Å²) in [7, 11) is -6.84. The van der Waals surface area contributed by atoms with Crippen molar-refractivity contribution in [1.82, 2.24) is 4.72 Å². The number of anilines is 1. The Morgan fingerprint density at radius 3 is 2.58 bits per heavy atom. The molecule has 1 fully saturated rings. The molecule has 2 rings (SSSR count). The van der Waals surface area contributed by atoms with E-state index in [1.54, 1.807) is 13.0 Å². The summed E-state index contributed by atoms with van der Waals surface area (Å²) in [5.41, 5.74) is 6.87. The van der Waals surface area contributed by atoms with Crippen LogP contribution in [0.4, 0.5) is 5.69 Å². The monoisotopic (exact) mass is 304 g/mol. The minimum atomic E-state index is -3.73. The molecule has 3 N–H and O–H groups in total. The average Bonchev–Trinajstić information content (AvgIpc) is 2.61. The number of benzene rings is 1. The lowest BCUT2D eigenvalue weighted by atomic mass is 10.2. The fourth-order valence-electron chi connectivity index (χ4n) is 1.96. The summed E-state index contributed by atoms with van der Waals surface area (Å²) in [6, 6.07) is 3.89. The van der Waals surface area contributed by atoms with Gasteiger partial charge in [-0.1, -0.05) is 6.07 Å². The van der Waals surface area contributed by atoms with Crippen molar-refractivity contribution in [2.24, 2.45) is 0 Å². The molecule has 106 valence electrons. The molecule has 1 aliphatic rings. The van der Waals surface area contributed by atoms with Gasteiger partial charge in [-0.05, 0) is 31.0 Å². The number of nitrogen functional groups attached to an aromatic ring is 1. The van der Waals surface area contributed by atoms with Gasteiger partial charge in [-0.3, -0.25) is 0 Å². The predicted octanol–water partition coefficient (Wildman–Crippen LogP) is 0.0426. The first-order chi connectivity index (χ1) is 8.70. The van der Waals surface area contributed by atoms with E-state index in [1.165, 1.54) is 12.1 Å². The molecule has 1 aromatic carbocycles. The van der Waals surface area contributed by atoms with Gasteiger partial charge in [0.25, 0.3) is 0 Å². The van der Waals surface area contributed by atoms with Crippen LogP contribution in [0.5, 0.6) is 0 Å². The van der Waals surface area contributed by atoms with E-state index < -0.39 is 25.9 Å². The van der Waals surface area contributed by atoms with E-state index >= 15 is 0 Å². The predicted molar refractivity (Wildman–Crippen MR) is 73.0 cm³/mol. The quantitative estimate of drug-likeness (QED) is 0.767. The number of hydrogen-bond acceptors (Lipinski definition) is 5. The first-order valence-corrected chi connectivity index (χ1v) is 9.09. The van der Waals surface area contributed by atoms with E-state index in [9.17, 15) is 16.8 Å². The van der Waals surface area contributed by atoms with E-state index in [0.717, 1.165) is 5.56 Å². The fourth-order valence-corrected chi connectivity index (χ4v) is 5.05. The summed E-state index contributed by atoms with van der Waals surface area (Å²) in [5.74, 6) is -0.121. The molecule has 0 saturated carbocycles. The molecule has 0 spiro atoms. The van der Waals surface area contributed by atoms with Crippen LogP contribution in [0, 0.1) is 6.92 Å². The van der Waals surface area contributed by atoms with E-state index in [2.05, 4.69) is 4.72 Å². The van der Waals surface area contributed by atoms with Gasteiger partial charge in [-0.15, -0.1) is 0 Å². The Kier molecular flexibility index (Phi) is 3.59. The Labute approximate surface area is 113 Å². The molecule has 1 aliphatic heterocycles. The highest BCUT2D eigenvalue weighted by Gasteiger charge is 2.31. The van der Waals surface area contributed by atoms with E-state index in [4.69, 9.17) is 5.73 Å². The summed E-state index contributed by atoms with van der Waals surface area (Å²) >= 11 is 0. The zero-order valence-corrected chi connectivity index (χ0v) is 12.1. The summed E-state index contributed by atoms with van der Waals surface area (Å²) in [6.45, 7) is 1.78. The van der Waals surface area contributed by atoms with Crippen LogP contribution in [0.3, 0.4) is 0 Å². The van der Waals surface area contributed by atoms with Crippen molar-refractivity contribution >= 4 is 25.5 Å². The highest BCUT2D eigenvalue weighted by Crippen LogP contribution is 2.19. The molecule has 19 heavy (non-hydrogen) atoms. The third-order valence-corrected chi connectivity index (χ3v) is 6.40. The maximum atomic E-state index is 12.1. The number of sulfonamides is 1. The van der Waals surface area contributed by atoms with E-state index in [-0.39, 0.29) is 16.4 Å². The fraction of sp³-hybridized carbons (Fsp3) is 0.455. The lowest BCUT2D eigenvalue weighted by Crippen LogP contribution is -2.35. The zero-order valence-electron chi connectivity index (χ0n) is 10.5. The molecule has 1 atom stereocenters. The maximum absolute atomic E-state index is 12.1. The average molecular weight is 304 g/mol. The van der Waals surface area contributed by atoms with Crippen molar-refractivity contribution in [2.75, 3.05) is 17.2 Å². The van der Waals surface area contributed by atoms with Gasteiger partial charge in [0.15, 0.2) is 9.84 Å². The van der Waals surface area contributed by atoms with Crippen molar-refractivity contribution in [1.29, 1.82) is 0 Å². The molecule has 1 heterocycles. The van der Waals surface area contributed by atoms with Crippen LogP contribution < -0.4 is 10.5 Å². The molecule has 0 aliphatic carbocycles. The summed E-state index contributed by atoms with van der Waals surface area (Å²) in [6.07, 6.45) is 0.308. The molecular formula is C11H16N2O4S2. The number of sulfone groups is 1. The van der Waals surface area contributed by atoms with Gasteiger partial charge >= 0.3 is 0 Å². The van der Waals surface area contributed by atoms with Crippen LogP contribution in [0.1, 0.15) is 12.0 Å². The third kappa shape index (κ3) is 3.26. The number of aryl methyl sites for hydroxylation is 1. The Balaban J connectivity index is 2.21. The topological polar surface area (TPSA) is 106 Å². The second-order valence-electron chi connectivity index (χ2n) is 4.74. The number of nitrogens with one attached hydrogen (secondary N) is 1. The van der Waals surface area contributed by atoms with Crippen molar-refractivity contribution in [3.05, 3.63) is 23.8 Å². The van der Waals surface area contributed by atoms with Crippen LogP contribution in [0.25, 0.3) is 0 Å². The smallest absolute Gasteiger partial charge is 0.240 e. The van der Waals surface area contributed by atoms with Gasteiger partial charge in [-0.25, -0.2) is 21.6 Å². The molecular weight excluding hydrogens is 288 g/mol. The molecule has 8 heteroatoms. The molecule has 6 nitrogen and oxygen atoms in total. The lowest BCUT2D eigenvalue weighted by molar-refractivity contribution is 0.562. The van der Waals surface area contributed by atoms with Crippen LogP contribution in [-0.4, -0.2) is 34.4 Å². The van der Waals surface area contributed by atoms with Gasteiger partial charge in [0, 0.05) is 11.7 Å². The number of rotatable bonds is 3. The molecule has 0 radical (unpaired) electrons. The highest BCUT2D eigenvalue weighted by molar-refractivity contribution is 7.92. The van der Waals surface area contributed by atoms with Crippen molar-refractivity contribution in [3.8, 4) is 0 Å². The highest BCUT2D eigenvalue weighted by atomic mass is 32.2. The maximum Gasteiger partial charge on any atom is 0.240 e. The Hall–Kier alpha value is -1.12. The van der Waals surface area contributed by atoms with Crippen LogP contribution in [0.15, 0.2) is 23.1 Å². The van der Waals surface area contributed by atoms with E-state index in [0.29, 0.717) is 12.1 Å². The SMILES string of the molecule is Cc1ccc(S(=O)(=O)NC2CCS(=O)(=O)C2)cc1N. The molecule has 1 aromatic rings. The van der Waals surface area contributed by atoms with Gasteiger partial charge in [0.05, 0.1) is 16.4 Å². The molecule has 0 amide bonds. The molecule has 0 bridgehead atoms. The van der Waals surface area contributed by atoms with Crippen LogP contribution in [-0.2, 0) is 19.9 Å². The largest absolute Gasteiger partial charge is 0.398 e. The number of nitrogens with two attached hydrogens (primary N) is 1. The minimum absolute atomic E-state index is 0.0240. The normalized spacial score (nSPS) is 22.5. The van der Waals surface area contributed by atoms with Gasteiger partial charge in [0.1, 0.15) is 0 Å². The standard InChI is InChI=1S/C11H16N2O4S2/c1-8-2-3-10(6-11(8)12)19(16,17)13-9-4-5-18(14,15)7-9/h2-3,6,9,13H,4-5,7,12H2,1H3. The molecule has 0 aromatic heterocycles. The Morgan fingerprint density at radius 1 is 1.37 bits per heavy atom. The van der Waals surface area contributed by atoms with Crippen molar-refractivity contribution in [3.63, 3.8) is 0 Å². The Bertz CT molecular complexity index is 695. The van der Waals surface area contributed by atoms with Crippen LogP contribution in [0.2, 0.25) is 0 Å². The molecule has 1 unspecified atom stereocenters.